The minimum absolute atomic E-state index is 0.716. The van der Waals surface area contributed by atoms with E-state index in [-0.39, 0.29) is 0 Å². The molecule has 6 heteroatoms. The Morgan fingerprint density at radius 3 is 1.25 bits per heavy atom. The zero-order valence-corrected chi connectivity index (χ0v) is 32.3. The fraction of sp³-hybridized carbons (Fsp3) is 0.388. The maximum absolute atomic E-state index is 6.11. The average Bonchev–Trinajstić information content (AvgIpc) is 3.23. The molecule has 0 N–H and O–H groups in total. The fourth-order valence-electron chi connectivity index (χ4n) is 8.40. The summed E-state index contributed by atoms with van der Waals surface area (Å²) in [6, 6.07) is 27.7. The first kappa shape index (κ1) is 37.8. The van der Waals surface area contributed by atoms with E-state index in [1.54, 1.807) is 0 Å². The van der Waals surface area contributed by atoms with Crippen LogP contribution in [0.2, 0.25) is 0 Å². The Kier molecular flexibility index (Phi) is 11.9. The molecule has 0 aliphatic carbocycles. The highest BCUT2D eigenvalue weighted by atomic mass is 16.5. The third-order valence-corrected chi connectivity index (χ3v) is 12.4. The van der Waals surface area contributed by atoms with Gasteiger partial charge in [0.15, 0.2) is 6.04 Å². The van der Waals surface area contributed by atoms with Gasteiger partial charge in [-0.15, -0.1) is 6.42 Å². The molecule has 0 atom stereocenters. The molecule has 0 unspecified atom stereocenters. The number of benzene rings is 3. The van der Waals surface area contributed by atoms with Crippen LogP contribution in [-0.2, 0) is 0 Å². The van der Waals surface area contributed by atoms with Crippen LogP contribution in [0.4, 0.5) is 0 Å². The first-order valence-electron chi connectivity index (χ1n) is 19.8. The van der Waals surface area contributed by atoms with Crippen molar-refractivity contribution in [3.05, 3.63) is 95.1 Å². The summed E-state index contributed by atoms with van der Waals surface area (Å²) >= 11 is 0. The Hall–Kier alpha value is -5.54. The Balaban J connectivity index is 0.798. The van der Waals surface area contributed by atoms with Crippen LogP contribution >= 0.6 is 0 Å². The van der Waals surface area contributed by atoms with Crippen molar-refractivity contribution >= 4 is 0 Å². The summed E-state index contributed by atoms with van der Waals surface area (Å²) < 4.78 is 16.8. The number of ether oxygens (including phenoxy) is 2. The standard InChI is InChI=1S/C49H52N4O2/c1-3-4-5-6-7-8-27-51-36-39-53(40-37-51,41-38-51)29-10-43-55-49-25-21-47(22-26-49)18-16-45-13-11-44(12-14-45)15-17-46-19-23-48(24-20-46)54-42-9-28-52-33-30-50(2,31-34-52)32-35-52/h1,11-14,19-26H,9-10,28-43H2,2H3/q+4. The molecule has 0 spiro atoms. The smallest absolute Gasteiger partial charge is 0.152 e. The van der Waals surface area contributed by atoms with Gasteiger partial charge in [0, 0.05) is 46.9 Å². The van der Waals surface area contributed by atoms with Crippen molar-refractivity contribution in [2.45, 2.75) is 12.8 Å². The van der Waals surface area contributed by atoms with Crippen molar-refractivity contribution in [3.8, 4) is 83.2 Å². The molecular weight excluding hydrogens is 677 g/mol. The number of likely N-dealkylation sites (N-methyl/N-ethyl adjacent to an activating group) is 1. The van der Waals surface area contributed by atoms with Gasteiger partial charge in [-0.1, -0.05) is 23.7 Å². The van der Waals surface area contributed by atoms with Gasteiger partial charge in [0.1, 0.15) is 90.0 Å². The van der Waals surface area contributed by atoms with Crippen molar-refractivity contribution < 1.29 is 27.4 Å². The van der Waals surface area contributed by atoms with Crippen LogP contribution in [0.15, 0.2) is 72.8 Å². The normalized spacial score (nSPS) is 25.4. The van der Waals surface area contributed by atoms with Gasteiger partial charge >= 0.3 is 0 Å². The van der Waals surface area contributed by atoms with Crippen LogP contribution in [0.5, 0.6) is 11.5 Å². The summed E-state index contributed by atoms with van der Waals surface area (Å²) in [6.07, 6.45) is 7.26. The zero-order chi connectivity index (χ0) is 37.9. The summed E-state index contributed by atoms with van der Waals surface area (Å²) in [4.78, 5) is 0. The predicted octanol–water partition coefficient (Wildman–Crippen LogP) is 4.58. The van der Waals surface area contributed by atoms with E-state index in [0.717, 1.165) is 103 Å². The van der Waals surface area contributed by atoms with Gasteiger partial charge in [-0.25, -0.2) is 4.48 Å². The maximum atomic E-state index is 6.11. The molecule has 6 heterocycles. The number of rotatable bonds is 10. The monoisotopic (exact) mass is 728 g/mol. The summed E-state index contributed by atoms with van der Waals surface area (Å²) in [5, 5.41) is 0. The molecule has 6 nitrogen and oxygen atoms in total. The Morgan fingerprint density at radius 2 is 0.836 bits per heavy atom. The van der Waals surface area contributed by atoms with Gasteiger partial charge in [-0.3, -0.25) is 0 Å². The highest BCUT2D eigenvalue weighted by molar-refractivity contribution is 5.49. The molecule has 3 aromatic carbocycles. The quantitative estimate of drug-likeness (QED) is 0.173. The van der Waals surface area contributed by atoms with Gasteiger partial charge in [-0.05, 0) is 90.6 Å². The lowest BCUT2D eigenvalue weighted by atomic mass is 10.1. The molecular formula is C49H52N4O2+4. The molecule has 6 aliphatic rings. The van der Waals surface area contributed by atoms with E-state index in [9.17, 15) is 0 Å². The van der Waals surface area contributed by atoms with E-state index < -0.39 is 0 Å². The van der Waals surface area contributed by atoms with Crippen LogP contribution in [0.3, 0.4) is 0 Å². The van der Waals surface area contributed by atoms with E-state index >= 15 is 0 Å². The van der Waals surface area contributed by atoms with Crippen molar-refractivity contribution in [2.75, 3.05) is 112 Å². The molecule has 0 aromatic heterocycles. The second kappa shape index (κ2) is 17.3. The lowest BCUT2D eigenvalue weighted by Crippen LogP contribution is -2.73. The Morgan fingerprint density at radius 1 is 0.473 bits per heavy atom. The molecule has 0 saturated carbocycles. The number of terminal acetylenes is 1. The second-order valence-electron chi connectivity index (χ2n) is 16.0. The van der Waals surface area contributed by atoms with Crippen molar-refractivity contribution in [1.82, 2.24) is 0 Å². The second-order valence-corrected chi connectivity index (χ2v) is 16.0. The van der Waals surface area contributed by atoms with Crippen LogP contribution in [0.25, 0.3) is 0 Å². The lowest BCUT2D eigenvalue weighted by Gasteiger charge is -2.54. The Bertz CT molecular complexity index is 2140. The van der Waals surface area contributed by atoms with E-state index in [4.69, 9.17) is 15.9 Å². The zero-order valence-electron chi connectivity index (χ0n) is 32.3. The highest BCUT2D eigenvalue weighted by Gasteiger charge is 2.49. The number of nitrogens with zero attached hydrogens (tertiary/aromatic N) is 4. The number of hydrogen-bond donors (Lipinski definition) is 0. The molecule has 55 heavy (non-hydrogen) atoms. The third kappa shape index (κ3) is 10.2. The van der Waals surface area contributed by atoms with E-state index in [1.165, 1.54) is 59.3 Å². The maximum Gasteiger partial charge on any atom is 0.152 e. The van der Waals surface area contributed by atoms with Crippen molar-refractivity contribution in [2.24, 2.45) is 0 Å². The average molecular weight is 729 g/mol. The SMILES string of the molecule is C#CC#CC#CC#C[N+]12CC[N+](CCCOc3ccc(C#Cc4ccc(C#Cc5ccc(OCCC[N+]67CC[N+](C)(CC6)CC7)cc5)cc4)cc3)(CC1)CC2. The van der Waals surface area contributed by atoms with Crippen LogP contribution in [-0.4, -0.2) is 130 Å². The molecule has 6 aliphatic heterocycles. The summed E-state index contributed by atoms with van der Waals surface area (Å²) in [5.41, 5.74) is 3.86. The molecule has 3 aromatic rings. The van der Waals surface area contributed by atoms with Gasteiger partial charge in [0.05, 0.1) is 39.3 Å². The minimum Gasteiger partial charge on any atom is -0.493 e. The number of quaternary nitrogens is 4. The first-order valence-corrected chi connectivity index (χ1v) is 19.8. The van der Waals surface area contributed by atoms with Gasteiger partial charge < -0.3 is 22.9 Å². The molecule has 6 saturated heterocycles. The highest BCUT2D eigenvalue weighted by Crippen LogP contribution is 2.27. The Labute approximate surface area is 329 Å². The molecule has 276 valence electrons. The van der Waals surface area contributed by atoms with Crippen LogP contribution in [0, 0.1) is 71.7 Å². The predicted molar refractivity (Wildman–Crippen MR) is 219 cm³/mol. The third-order valence-electron chi connectivity index (χ3n) is 12.4. The first-order chi connectivity index (χ1) is 26.9. The van der Waals surface area contributed by atoms with E-state index in [1.807, 2.05) is 72.8 Å². The summed E-state index contributed by atoms with van der Waals surface area (Å²) in [7, 11) is 2.42. The molecule has 0 amide bonds. The summed E-state index contributed by atoms with van der Waals surface area (Å²) in [5.74, 6) is 30.8. The van der Waals surface area contributed by atoms with E-state index in [0.29, 0.717) is 6.61 Å². The topological polar surface area (TPSA) is 18.5 Å². The lowest BCUT2D eigenvalue weighted by molar-refractivity contribution is -1.07. The van der Waals surface area contributed by atoms with Gasteiger partial charge in [0.25, 0.3) is 0 Å². The van der Waals surface area contributed by atoms with Crippen molar-refractivity contribution in [1.29, 1.82) is 0 Å². The number of piperazine rings is 6. The van der Waals surface area contributed by atoms with Crippen LogP contribution < -0.4 is 9.47 Å². The minimum atomic E-state index is 0.716. The molecule has 0 radical (unpaired) electrons. The van der Waals surface area contributed by atoms with Crippen molar-refractivity contribution in [3.63, 3.8) is 0 Å². The molecule has 9 rings (SSSR count). The largest absolute Gasteiger partial charge is 0.493 e. The van der Waals surface area contributed by atoms with Crippen LogP contribution in [0.1, 0.15) is 35.1 Å². The molecule has 4 bridgehead atoms. The summed E-state index contributed by atoms with van der Waals surface area (Å²) in [6.45, 7) is 18.6. The fourth-order valence-corrected chi connectivity index (χ4v) is 8.40. The number of hydrogen-bond acceptors (Lipinski definition) is 2. The van der Waals surface area contributed by atoms with Gasteiger partial charge in [-0.2, -0.15) is 0 Å². The molecule has 6 fully saturated rings. The van der Waals surface area contributed by atoms with Gasteiger partial charge in [0.2, 0.25) is 0 Å². The van der Waals surface area contributed by atoms with E-state index in [2.05, 4.69) is 72.3 Å². The number of fused-ring (bicyclic) bond motifs is 6.